The molecule has 0 radical (unpaired) electrons. The van der Waals surface area contributed by atoms with Gasteiger partial charge in [0.25, 0.3) is 0 Å². The van der Waals surface area contributed by atoms with Crippen molar-refractivity contribution in [2.24, 2.45) is 5.92 Å². The fourth-order valence-electron chi connectivity index (χ4n) is 2.04. The van der Waals surface area contributed by atoms with Crippen LogP contribution in [0.2, 0.25) is 5.02 Å². The second-order valence-electron chi connectivity index (χ2n) is 4.21. The first-order valence-corrected chi connectivity index (χ1v) is 6.95. The van der Waals surface area contributed by atoms with Crippen molar-refractivity contribution in [3.63, 3.8) is 0 Å². The summed E-state index contributed by atoms with van der Waals surface area (Å²) in [5, 5.41) is 0.520. The zero-order chi connectivity index (χ0) is 13.7. The molecule has 0 heterocycles. The van der Waals surface area contributed by atoms with E-state index in [0.29, 0.717) is 22.4 Å². The van der Waals surface area contributed by atoms with Gasteiger partial charge in [0, 0.05) is 11.1 Å². The predicted molar refractivity (Wildman–Crippen MR) is 77.2 cm³/mol. The molecule has 0 aliphatic heterocycles. The van der Waals surface area contributed by atoms with Crippen LogP contribution < -0.4 is 9.47 Å². The van der Waals surface area contributed by atoms with Crippen LogP contribution in [-0.4, -0.2) is 14.2 Å². The van der Waals surface area contributed by atoms with E-state index in [2.05, 4.69) is 13.8 Å². The van der Waals surface area contributed by atoms with Gasteiger partial charge in [-0.3, -0.25) is 0 Å². The van der Waals surface area contributed by atoms with E-state index in [1.54, 1.807) is 20.3 Å². The van der Waals surface area contributed by atoms with Gasteiger partial charge in [-0.05, 0) is 17.5 Å². The van der Waals surface area contributed by atoms with E-state index in [4.69, 9.17) is 32.7 Å². The molecule has 1 unspecified atom stereocenters. The summed E-state index contributed by atoms with van der Waals surface area (Å²) >= 11 is 12.8. The third-order valence-corrected chi connectivity index (χ3v) is 4.18. The van der Waals surface area contributed by atoms with Gasteiger partial charge in [0.05, 0.1) is 19.6 Å². The fraction of sp³-hybridized carbons (Fsp3) is 0.571. The first kappa shape index (κ1) is 15.5. The smallest absolute Gasteiger partial charge is 0.162 e. The summed E-state index contributed by atoms with van der Waals surface area (Å²) in [6.45, 7) is 4.27. The average molecular weight is 291 g/mol. The minimum absolute atomic E-state index is 0.104. The highest BCUT2D eigenvalue weighted by Gasteiger charge is 2.22. The van der Waals surface area contributed by atoms with Crippen molar-refractivity contribution in [3.8, 4) is 11.5 Å². The maximum atomic E-state index is 6.52. The molecule has 1 rings (SSSR count). The lowest BCUT2D eigenvalue weighted by Gasteiger charge is -2.21. The van der Waals surface area contributed by atoms with Crippen molar-refractivity contribution < 1.29 is 9.47 Å². The number of hydrogen-bond acceptors (Lipinski definition) is 2. The quantitative estimate of drug-likeness (QED) is 0.681. The van der Waals surface area contributed by atoms with E-state index in [9.17, 15) is 0 Å². The van der Waals surface area contributed by atoms with E-state index < -0.39 is 0 Å². The number of alkyl halides is 1. The van der Waals surface area contributed by atoms with Crippen LogP contribution >= 0.6 is 23.2 Å². The SMILES string of the molecule is CCC(CC)C(Cl)c1cc(OC)c(OC)cc1Cl. The lowest BCUT2D eigenvalue weighted by Crippen LogP contribution is -2.07. The highest BCUT2D eigenvalue weighted by atomic mass is 35.5. The Kier molecular flexibility index (Phi) is 6.10. The molecule has 0 aliphatic rings. The number of ether oxygens (including phenoxy) is 2. The monoisotopic (exact) mass is 290 g/mol. The average Bonchev–Trinajstić information content (AvgIpc) is 2.39. The first-order chi connectivity index (χ1) is 8.58. The Bertz CT molecular complexity index is 390. The Hall–Kier alpha value is -0.600. The highest BCUT2D eigenvalue weighted by molar-refractivity contribution is 6.33. The second kappa shape index (κ2) is 7.10. The molecule has 18 heavy (non-hydrogen) atoms. The topological polar surface area (TPSA) is 18.5 Å². The molecule has 102 valence electrons. The molecule has 1 aromatic rings. The zero-order valence-corrected chi connectivity index (χ0v) is 12.8. The van der Waals surface area contributed by atoms with Gasteiger partial charge in [-0.2, -0.15) is 0 Å². The molecule has 4 heteroatoms. The minimum Gasteiger partial charge on any atom is -0.493 e. The van der Waals surface area contributed by atoms with Gasteiger partial charge in [0.1, 0.15) is 0 Å². The Morgan fingerprint density at radius 3 is 2.00 bits per heavy atom. The van der Waals surface area contributed by atoms with Crippen molar-refractivity contribution >= 4 is 23.2 Å². The van der Waals surface area contributed by atoms with Gasteiger partial charge in [-0.1, -0.05) is 38.3 Å². The molecule has 0 bridgehead atoms. The lowest BCUT2D eigenvalue weighted by atomic mass is 9.93. The molecule has 0 fully saturated rings. The molecule has 0 amide bonds. The molecule has 1 atom stereocenters. The van der Waals surface area contributed by atoms with Crippen LogP contribution in [0.15, 0.2) is 12.1 Å². The molecule has 0 aromatic heterocycles. The van der Waals surface area contributed by atoms with Crippen molar-refractivity contribution in [2.75, 3.05) is 14.2 Å². The summed E-state index contributed by atoms with van der Waals surface area (Å²) < 4.78 is 10.5. The van der Waals surface area contributed by atoms with Crippen molar-refractivity contribution in [1.29, 1.82) is 0 Å². The van der Waals surface area contributed by atoms with Gasteiger partial charge < -0.3 is 9.47 Å². The first-order valence-electron chi connectivity index (χ1n) is 6.14. The van der Waals surface area contributed by atoms with Crippen molar-refractivity contribution in [2.45, 2.75) is 32.1 Å². The normalized spacial score (nSPS) is 12.6. The predicted octanol–water partition coefficient (Wildman–Crippen LogP) is 5.07. The molecule has 1 aromatic carbocycles. The van der Waals surface area contributed by atoms with Gasteiger partial charge in [0.15, 0.2) is 11.5 Å². The minimum atomic E-state index is -0.104. The third-order valence-electron chi connectivity index (χ3n) is 3.26. The summed E-state index contributed by atoms with van der Waals surface area (Å²) in [7, 11) is 3.20. The van der Waals surface area contributed by atoms with Crippen LogP contribution in [0.4, 0.5) is 0 Å². The van der Waals surface area contributed by atoms with E-state index in [1.165, 1.54) is 0 Å². The molecule has 0 saturated heterocycles. The second-order valence-corrected chi connectivity index (χ2v) is 5.08. The number of hydrogen-bond donors (Lipinski definition) is 0. The van der Waals surface area contributed by atoms with Gasteiger partial charge in [0.2, 0.25) is 0 Å². The summed E-state index contributed by atoms with van der Waals surface area (Å²) in [4.78, 5) is 0. The molecular weight excluding hydrogens is 271 g/mol. The third kappa shape index (κ3) is 3.24. The van der Waals surface area contributed by atoms with Crippen LogP contribution in [0.25, 0.3) is 0 Å². The van der Waals surface area contributed by atoms with Crippen LogP contribution in [-0.2, 0) is 0 Å². The Morgan fingerprint density at radius 1 is 1.06 bits per heavy atom. The fourth-order valence-corrected chi connectivity index (χ4v) is 2.90. The van der Waals surface area contributed by atoms with Gasteiger partial charge in [-0.25, -0.2) is 0 Å². The van der Waals surface area contributed by atoms with Crippen molar-refractivity contribution in [3.05, 3.63) is 22.7 Å². The Labute approximate surface area is 119 Å². The number of rotatable bonds is 6. The summed E-state index contributed by atoms with van der Waals surface area (Å²) in [5.74, 6) is 1.69. The van der Waals surface area contributed by atoms with Crippen LogP contribution in [0, 0.1) is 5.92 Å². The molecular formula is C14H20Cl2O2. The van der Waals surface area contributed by atoms with E-state index in [1.807, 2.05) is 6.07 Å². The number of benzene rings is 1. The molecule has 2 nitrogen and oxygen atoms in total. The summed E-state index contributed by atoms with van der Waals surface area (Å²) in [6.07, 6.45) is 2.05. The van der Waals surface area contributed by atoms with Crippen LogP contribution in [0.5, 0.6) is 11.5 Å². The van der Waals surface area contributed by atoms with E-state index >= 15 is 0 Å². The summed E-state index contributed by atoms with van der Waals surface area (Å²) in [6, 6.07) is 3.63. The molecule has 0 N–H and O–H groups in total. The maximum Gasteiger partial charge on any atom is 0.162 e. The molecule has 0 spiro atoms. The Balaban J connectivity index is 3.16. The largest absolute Gasteiger partial charge is 0.493 e. The maximum absolute atomic E-state index is 6.52. The van der Waals surface area contributed by atoms with Gasteiger partial charge in [-0.15, -0.1) is 11.6 Å². The van der Waals surface area contributed by atoms with Crippen LogP contribution in [0.3, 0.4) is 0 Å². The zero-order valence-electron chi connectivity index (χ0n) is 11.3. The van der Waals surface area contributed by atoms with E-state index in [0.717, 1.165) is 18.4 Å². The van der Waals surface area contributed by atoms with Gasteiger partial charge >= 0.3 is 0 Å². The van der Waals surface area contributed by atoms with Crippen molar-refractivity contribution in [1.82, 2.24) is 0 Å². The molecule has 0 saturated carbocycles. The lowest BCUT2D eigenvalue weighted by molar-refractivity contribution is 0.354. The number of halogens is 2. The Morgan fingerprint density at radius 2 is 1.56 bits per heavy atom. The highest BCUT2D eigenvalue weighted by Crippen LogP contribution is 2.42. The number of methoxy groups -OCH3 is 2. The van der Waals surface area contributed by atoms with Crippen LogP contribution in [0.1, 0.15) is 37.6 Å². The molecule has 0 aliphatic carbocycles. The summed E-state index contributed by atoms with van der Waals surface area (Å²) in [5.41, 5.74) is 0.907. The van der Waals surface area contributed by atoms with E-state index in [-0.39, 0.29) is 5.38 Å². The standard InChI is InChI=1S/C14H20Cl2O2/c1-5-9(6-2)14(16)10-7-12(17-3)13(18-4)8-11(10)15/h7-9,14H,5-6H2,1-4H3.